The zero-order chi connectivity index (χ0) is 28.0. The van der Waals surface area contributed by atoms with Crippen molar-refractivity contribution in [1.82, 2.24) is 5.32 Å². The molecule has 0 radical (unpaired) electrons. The average Bonchev–Trinajstić information content (AvgIpc) is 2.92. The van der Waals surface area contributed by atoms with Crippen LogP contribution in [-0.2, 0) is 10.2 Å². The molecule has 0 saturated carbocycles. The molecule has 1 amide bonds. The summed E-state index contributed by atoms with van der Waals surface area (Å²) in [4.78, 5) is 23.1. The van der Waals surface area contributed by atoms with Gasteiger partial charge in [0.25, 0.3) is 5.91 Å². The van der Waals surface area contributed by atoms with Crippen LogP contribution < -0.4 is 15.5 Å². The summed E-state index contributed by atoms with van der Waals surface area (Å²) >= 11 is 0. The normalized spacial score (nSPS) is 12.0. The van der Waals surface area contributed by atoms with E-state index in [0.29, 0.717) is 5.56 Å². The smallest absolute Gasteiger partial charge is 0.305 e. The number of nitrogens with one attached hydrogen (secondary N) is 1. The van der Waals surface area contributed by atoms with Crippen molar-refractivity contribution in [3.63, 3.8) is 0 Å². The molecule has 5 nitrogen and oxygen atoms in total. The van der Waals surface area contributed by atoms with E-state index in [1.807, 2.05) is 32.1 Å². The summed E-state index contributed by atoms with van der Waals surface area (Å²) in [6.45, 7) is 6.72. The Hall–Kier alpha value is -4.32. The van der Waals surface area contributed by atoms with Gasteiger partial charge in [-0.25, -0.2) is 0 Å². The lowest BCUT2D eigenvalue weighted by molar-refractivity contribution is -0.136. The van der Waals surface area contributed by atoms with Gasteiger partial charge in [0.15, 0.2) is 0 Å². The third kappa shape index (κ3) is 7.38. The first-order chi connectivity index (χ1) is 18.6. The van der Waals surface area contributed by atoms with E-state index in [4.69, 9.17) is 9.84 Å². The van der Waals surface area contributed by atoms with Crippen molar-refractivity contribution in [2.24, 2.45) is 0 Å². The second-order valence-electron chi connectivity index (χ2n) is 10.8. The van der Waals surface area contributed by atoms with E-state index in [1.165, 1.54) is 5.56 Å². The van der Waals surface area contributed by atoms with E-state index in [-0.39, 0.29) is 30.4 Å². The fourth-order valence-corrected chi connectivity index (χ4v) is 4.29. The SMILES string of the molecule is Bc1ccc(C(Oc2ccc(-c3ccc(C(C)(C)C)cc3)cc2)c2ccc(C(=O)NCCC(=O)O)cc2)cc1. The molecule has 0 aliphatic heterocycles. The largest absolute Gasteiger partial charge is 0.481 e. The number of amides is 1. The van der Waals surface area contributed by atoms with Crippen LogP contribution in [0.4, 0.5) is 0 Å². The number of benzene rings is 4. The van der Waals surface area contributed by atoms with Crippen molar-refractivity contribution in [3.05, 3.63) is 119 Å². The van der Waals surface area contributed by atoms with Gasteiger partial charge in [-0.1, -0.05) is 99.0 Å². The van der Waals surface area contributed by atoms with Gasteiger partial charge in [-0.2, -0.15) is 0 Å². The molecule has 0 aromatic heterocycles. The predicted molar refractivity (Wildman–Crippen MR) is 159 cm³/mol. The van der Waals surface area contributed by atoms with E-state index in [2.05, 4.69) is 86.8 Å². The van der Waals surface area contributed by atoms with Crippen LogP contribution in [0, 0.1) is 0 Å². The van der Waals surface area contributed by atoms with E-state index >= 15 is 0 Å². The molecule has 6 heteroatoms. The van der Waals surface area contributed by atoms with Gasteiger partial charge in [-0.05, 0) is 57.5 Å². The Morgan fingerprint density at radius 1 is 0.795 bits per heavy atom. The van der Waals surface area contributed by atoms with Gasteiger partial charge >= 0.3 is 5.97 Å². The zero-order valence-corrected chi connectivity index (χ0v) is 22.9. The highest BCUT2D eigenvalue weighted by Gasteiger charge is 2.18. The number of carboxylic acid groups (broad SMARTS) is 1. The Morgan fingerprint density at radius 3 is 1.82 bits per heavy atom. The van der Waals surface area contributed by atoms with Gasteiger partial charge < -0.3 is 15.2 Å². The molecule has 1 atom stereocenters. The van der Waals surface area contributed by atoms with Crippen LogP contribution in [-0.4, -0.2) is 31.4 Å². The highest BCUT2D eigenvalue weighted by Crippen LogP contribution is 2.31. The van der Waals surface area contributed by atoms with E-state index in [1.54, 1.807) is 12.1 Å². The summed E-state index contributed by atoms with van der Waals surface area (Å²) in [5.74, 6) is -0.511. The minimum atomic E-state index is -0.949. The highest BCUT2D eigenvalue weighted by molar-refractivity contribution is 6.32. The number of hydrogen-bond donors (Lipinski definition) is 2. The van der Waals surface area contributed by atoms with Crippen LogP contribution in [0.25, 0.3) is 11.1 Å². The lowest BCUT2D eigenvalue weighted by Crippen LogP contribution is -2.26. The summed E-state index contributed by atoms with van der Waals surface area (Å²) < 4.78 is 6.51. The molecule has 0 spiro atoms. The van der Waals surface area contributed by atoms with Crippen molar-refractivity contribution in [1.29, 1.82) is 0 Å². The maximum Gasteiger partial charge on any atom is 0.305 e. The number of aliphatic carboxylic acids is 1. The van der Waals surface area contributed by atoms with Gasteiger partial charge in [0, 0.05) is 12.1 Å². The van der Waals surface area contributed by atoms with Crippen molar-refractivity contribution < 1.29 is 19.4 Å². The highest BCUT2D eigenvalue weighted by atomic mass is 16.5. The summed E-state index contributed by atoms with van der Waals surface area (Å²) in [5, 5.41) is 11.4. The third-order valence-corrected chi connectivity index (χ3v) is 6.67. The Bertz CT molecular complexity index is 1410. The average molecular weight is 519 g/mol. The molecule has 198 valence electrons. The lowest BCUT2D eigenvalue weighted by atomic mass is 9.86. The number of carboxylic acids is 1. The standard InChI is InChI=1S/C33H34BNO4/c1-33(2,3)27-14-8-22(9-15-27)23-12-18-29(19-13-23)39-31(25-10-16-28(34)17-11-25)24-4-6-26(7-5-24)32(38)35-21-20-30(36)37/h4-19,31H,20-21,34H2,1-3H3,(H,35,38)(H,36,37). The second-order valence-corrected chi connectivity index (χ2v) is 10.8. The molecular formula is C33H34BNO4. The van der Waals surface area contributed by atoms with Crippen molar-refractivity contribution >= 4 is 25.2 Å². The molecule has 4 aromatic carbocycles. The number of rotatable bonds is 9. The van der Waals surface area contributed by atoms with E-state index in [0.717, 1.165) is 33.5 Å². The molecule has 0 aliphatic rings. The molecule has 0 aliphatic carbocycles. The Balaban J connectivity index is 1.54. The molecule has 0 bridgehead atoms. The molecule has 0 fully saturated rings. The monoisotopic (exact) mass is 519 g/mol. The van der Waals surface area contributed by atoms with Gasteiger partial charge in [0.2, 0.25) is 0 Å². The maximum absolute atomic E-state index is 12.4. The second kappa shape index (κ2) is 12.0. The summed E-state index contributed by atoms with van der Waals surface area (Å²) in [7, 11) is 2.05. The zero-order valence-electron chi connectivity index (χ0n) is 22.9. The molecule has 0 heterocycles. The first-order valence-corrected chi connectivity index (χ1v) is 13.1. The van der Waals surface area contributed by atoms with Crippen LogP contribution in [0.5, 0.6) is 5.75 Å². The lowest BCUT2D eigenvalue weighted by Gasteiger charge is -2.21. The van der Waals surface area contributed by atoms with Crippen molar-refractivity contribution in [2.45, 2.75) is 38.7 Å². The number of carbonyl (C=O) groups excluding carboxylic acids is 1. The number of hydrogen-bond acceptors (Lipinski definition) is 3. The molecule has 0 saturated heterocycles. The fourth-order valence-electron chi connectivity index (χ4n) is 4.29. The third-order valence-electron chi connectivity index (χ3n) is 6.67. The Labute approximate surface area is 231 Å². The maximum atomic E-state index is 12.4. The van der Waals surface area contributed by atoms with Gasteiger partial charge in [-0.15, -0.1) is 0 Å². The first-order valence-electron chi connectivity index (χ1n) is 13.1. The van der Waals surface area contributed by atoms with Crippen LogP contribution in [0.15, 0.2) is 97.1 Å². The quantitative estimate of drug-likeness (QED) is 0.295. The van der Waals surface area contributed by atoms with E-state index < -0.39 is 5.97 Å². The molecular weight excluding hydrogens is 485 g/mol. The fraction of sp³-hybridized carbons (Fsp3) is 0.212. The van der Waals surface area contributed by atoms with Crippen LogP contribution >= 0.6 is 0 Å². The summed E-state index contributed by atoms with van der Waals surface area (Å²) in [6, 6.07) is 32.2. The minimum Gasteiger partial charge on any atom is -0.481 e. The van der Waals surface area contributed by atoms with Crippen molar-refractivity contribution in [2.75, 3.05) is 6.54 Å². The minimum absolute atomic E-state index is 0.0851. The molecule has 4 rings (SSSR count). The van der Waals surface area contributed by atoms with Crippen LogP contribution in [0.1, 0.15) is 60.3 Å². The first kappa shape index (κ1) is 27.7. The number of ether oxygens (including phenoxy) is 1. The topological polar surface area (TPSA) is 75.6 Å². The number of carbonyl (C=O) groups is 2. The molecule has 4 aromatic rings. The molecule has 2 N–H and O–H groups in total. The summed E-state index contributed by atoms with van der Waals surface area (Å²) in [5.41, 5.74) is 7.22. The van der Waals surface area contributed by atoms with Gasteiger partial charge in [-0.3, -0.25) is 9.59 Å². The Kier molecular flexibility index (Phi) is 8.55. The van der Waals surface area contributed by atoms with Crippen LogP contribution in [0.2, 0.25) is 0 Å². The summed E-state index contributed by atoms with van der Waals surface area (Å²) in [6.07, 6.45) is -0.486. The molecule has 39 heavy (non-hydrogen) atoms. The van der Waals surface area contributed by atoms with Crippen molar-refractivity contribution in [3.8, 4) is 16.9 Å². The van der Waals surface area contributed by atoms with Crippen LogP contribution in [0.3, 0.4) is 0 Å². The van der Waals surface area contributed by atoms with Gasteiger partial charge in [0.1, 0.15) is 19.7 Å². The predicted octanol–water partition coefficient (Wildman–Crippen LogP) is 5.28. The van der Waals surface area contributed by atoms with E-state index in [9.17, 15) is 9.59 Å². The molecule has 1 unspecified atom stereocenters. The Morgan fingerprint density at radius 2 is 1.31 bits per heavy atom. The van der Waals surface area contributed by atoms with Gasteiger partial charge in [0.05, 0.1) is 6.42 Å².